The minimum absolute atomic E-state index is 0.144. The third-order valence-electron chi connectivity index (χ3n) is 4.39. The Kier molecular flexibility index (Phi) is 7.79. The monoisotopic (exact) mass is 480 g/mol. The number of thiophene rings is 1. The van der Waals surface area contributed by atoms with E-state index in [1.165, 1.54) is 11.0 Å². The quantitative estimate of drug-likeness (QED) is 0.385. The molecule has 2 heterocycles. The minimum Gasteiger partial charge on any atom is -0.493 e. The lowest BCUT2D eigenvalue weighted by Gasteiger charge is -2.12. The molecule has 1 aromatic heterocycles. The number of carbonyl (C=O) groups excluding carboxylic acids is 1. The Balaban J connectivity index is 1.90. The first kappa shape index (κ1) is 23.4. The summed E-state index contributed by atoms with van der Waals surface area (Å²) >= 11 is 2.14. The molecular formula is C21H24N2O5S3. The molecule has 0 radical (unpaired) electrons. The van der Waals surface area contributed by atoms with Gasteiger partial charge in [-0.3, -0.25) is 9.69 Å². The van der Waals surface area contributed by atoms with E-state index in [9.17, 15) is 13.2 Å². The molecule has 0 saturated carbocycles. The van der Waals surface area contributed by atoms with Crippen molar-refractivity contribution in [1.82, 2.24) is 4.90 Å². The molecule has 2 aromatic rings. The molecule has 10 heteroatoms. The molecule has 0 N–H and O–H groups in total. The molecule has 1 aliphatic heterocycles. The predicted octanol–water partition coefficient (Wildman–Crippen LogP) is 4.62. The molecule has 0 atom stereocenters. The molecule has 1 fully saturated rings. The Labute approximate surface area is 190 Å². The molecule has 166 valence electrons. The van der Waals surface area contributed by atoms with Crippen LogP contribution in [0, 0.1) is 0 Å². The van der Waals surface area contributed by atoms with E-state index in [0.717, 1.165) is 41.5 Å². The fourth-order valence-electron chi connectivity index (χ4n) is 2.79. The molecule has 0 spiro atoms. The number of hydrogen-bond acceptors (Lipinski definition) is 7. The lowest BCUT2D eigenvalue weighted by Crippen LogP contribution is -2.29. The van der Waals surface area contributed by atoms with E-state index in [1.807, 2.05) is 12.1 Å². The van der Waals surface area contributed by atoms with Crippen molar-refractivity contribution < 1.29 is 22.7 Å². The molecule has 1 saturated heterocycles. The maximum absolute atomic E-state index is 12.9. The van der Waals surface area contributed by atoms with E-state index >= 15 is 0 Å². The van der Waals surface area contributed by atoms with Crippen LogP contribution >= 0.6 is 23.1 Å². The van der Waals surface area contributed by atoms with Crippen molar-refractivity contribution in [2.75, 3.05) is 20.3 Å². The number of amidine groups is 1. The first-order valence-corrected chi connectivity index (χ1v) is 12.9. The number of methoxy groups -OCH3 is 1. The Morgan fingerprint density at radius 3 is 2.65 bits per heavy atom. The minimum atomic E-state index is -3.86. The third kappa shape index (κ3) is 5.50. The van der Waals surface area contributed by atoms with E-state index in [2.05, 4.69) is 11.3 Å². The number of carbonyl (C=O) groups is 1. The highest BCUT2D eigenvalue weighted by atomic mass is 32.2. The first-order valence-electron chi connectivity index (χ1n) is 9.80. The number of nitrogens with zero attached hydrogens (tertiary/aromatic N) is 2. The summed E-state index contributed by atoms with van der Waals surface area (Å²) < 4.78 is 40.3. The van der Waals surface area contributed by atoms with Gasteiger partial charge in [-0.2, -0.15) is 8.42 Å². The van der Waals surface area contributed by atoms with Gasteiger partial charge < -0.3 is 9.47 Å². The van der Waals surface area contributed by atoms with Crippen molar-refractivity contribution in [3.05, 3.63) is 46.2 Å². The van der Waals surface area contributed by atoms with E-state index in [4.69, 9.17) is 9.47 Å². The molecule has 0 unspecified atom stereocenters. The van der Waals surface area contributed by atoms with E-state index in [0.29, 0.717) is 29.6 Å². The van der Waals surface area contributed by atoms with Gasteiger partial charge in [0, 0.05) is 6.54 Å². The maximum Gasteiger partial charge on any atom is 0.294 e. The summed E-state index contributed by atoms with van der Waals surface area (Å²) in [4.78, 5) is 14.6. The fraction of sp³-hybridized carbons (Fsp3) is 0.333. The molecule has 7 nitrogen and oxygen atoms in total. The molecule has 31 heavy (non-hydrogen) atoms. The van der Waals surface area contributed by atoms with Gasteiger partial charge in [0.25, 0.3) is 15.9 Å². The second kappa shape index (κ2) is 10.3. The van der Waals surface area contributed by atoms with Gasteiger partial charge in [-0.25, -0.2) is 0 Å². The number of thioether (sulfide) groups is 1. The number of rotatable bonds is 9. The van der Waals surface area contributed by atoms with Crippen molar-refractivity contribution >= 4 is 50.3 Å². The highest BCUT2D eigenvalue weighted by Gasteiger charge is 2.34. The summed E-state index contributed by atoms with van der Waals surface area (Å²) in [7, 11) is -2.29. The van der Waals surface area contributed by atoms with Crippen LogP contribution < -0.4 is 9.47 Å². The number of benzene rings is 1. The Bertz CT molecular complexity index is 1090. The topological polar surface area (TPSA) is 85.3 Å². The standard InChI is InChI=1S/C21H24N2O5S3/c1-4-6-11-28-17-13-15(9-10-16(17)27-3)14-18-20(24)23(5-2)21(30-18)22-31(25,26)19-8-7-12-29-19/h7-10,12-14H,4-6,11H2,1-3H3/b18-14-,22-21?. The molecule has 0 bridgehead atoms. The largest absolute Gasteiger partial charge is 0.493 e. The Hall–Kier alpha value is -2.30. The summed E-state index contributed by atoms with van der Waals surface area (Å²) in [5, 5.41) is 1.83. The van der Waals surface area contributed by atoms with Crippen molar-refractivity contribution in [3.63, 3.8) is 0 Å². The van der Waals surface area contributed by atoms with Crippen LogP contribution in [0.3, 0.4) is 0 Å². The normalized spacial score (nSPS) is 17.0. The summed E-state index contributed by atoms with van der Waals surface area (Å²) in [6.07, 6.45) is 3.65. The van der Waals surface area contributed by atoms with Crippen LogP contribution in [0.5, 0.6) is 11.5 Å². The number of hydrogen-bond donors (Lipinski definition) is 0. The van der Waals surface area contributed by atoms with Crippen molar-refractivity contribution in [3.8, 4) is 11.5 Å². The third-order valence-corrected chi connectivity index (χ3v) is 8.15. The van der Waals surface area contributed by atoms with Gasteiger partial charge >= 0.3 is 0 Å². The van der Waals surface area contributed by atoms with Gasteiger partial charge in [-0.1, -0.05) is 25.5 Å². The Morgan fingerprint density at radius 1 is 1.19 bits per heavy atom. The number of amides is 1. The zero-order valence-corrected chi connectivity index (χ0v) is 20.0. The van der Waals surface area contributed by atoms with E-state index in [-0.39, 0.29) is 15.3 Å². The van der Waals surface area contributed by atoms with E-state index in [1.54, 1.807) is 37.6 Å². The molecule has 1 amide bonds. The second-order valence-electron chi connectivity index (χ2n) is 6.55. The summed E-state index contributed by atoms with van der Waals surface area (Å²) in [5.74, 6) is 0.933. The molecule has 1 aliphatic rings. The number of likely N-dealkylation sites (N-methyl/N-ethyl adjacent to an activating group) is 1. The van der Waals surface area contributed by atoms with Crippen LogP contribution in [0.1, 0.15) is 32.3 Å². The fourth-order valence-corrected chi connectivity index (χ4v) is 6.00. The number of sulfonamides is 1. The molecular weight excluding hydrogens is 456 g/mol. The zero-order chi connectivity index (χ0) is 22.4. The highest BCUT2D eigenvalue weighted by Crippen LogP contribution is 2.35. The van der Waals surface area contributed by atoms with Crippen LogP contribution in [0.15, 0.2) is 49.2 Å². The first-order chi connectivity index (χ1) is 14.9. The van der Waals surface area contributed by atoms with Gasteiger partial charge in [0.15, 0.2) is 16.7 Å². The number of unbranched alkanes of at least 4 members (excludes halogenated alkanes) is 1. The Morgan fingerprint density at radius 2 is 2.00 bits per heavy atom. The van der Waals surface area contributed by atoms with Crippen LogP contribution in [-0.4, -0.2) is 44.7 Å². The smallest absolute Gasteiger partial charge is 0.294 e. The average molecular weight is 481 g/mol. The van der Waals surface area contributed by atoms with Crippen LogP contribution in [0.25, 0.3) is 6.08 Å². The van der Waals surface area contributed by atoms with Gasteiger partial charge in [-0.15, -0.1) is 15.7 Å². The lowest BCUT2D eigenvalue weighted by molar-refractivity contribution is -0.122. The average Bonchev–Trinajstić information content (AvgIpc) is 3.38. The summed E-state index contributed by atoms with van der Waals surface area (Å²) in [5.41, 5.74) is 0.751. The SMILES string of the molecule is CCCCOc1cc(/C=C2\SC(=NS(=O)(=O)c3cccs3)N(CC)C2=O)ccc1OC. The summed E-state index contributed by atoms with van der Waals surface area (Å²) in [6.45, 7) is 4.75. The van der Waals surface area contributed by atoms with Gasteiger partial charge in [0.2, 0.25) is 0 Å². The van der Waals surface area contributed by atoms with Crippen LogP contribution in [0.2, 0.25) is 0 Å². The summed E-state index contributed by atoms with van der Waals surface area (Å²) in [6, 6.07) is 8.56. The zero-order valence-electron chi connectivity index (χ0n) is 17.5. The maximum atomic E-state index is 12.9. The van der Waals surface area contributed by atoms with Crippen molar-refractivity contribution in [1.29, 1.82) is 0 Å². The molecule has 0 aliphatic carbocycles. The molecule has 1 aromatic carbocycles. The second-order valence-corrected chi connectivity index (χ2v) is 10.3. The molecule has 3 rings (SSSR count). The predicted molar refractivity (Wildman–Crippen MR) is 125 cm³/mol. The van der Waals surface area contributed by atoms with Crippen LogP contribution in [0.4, 0.5) is 0 Å². The highest BCUT2D eigenvalue weighted by molar-refractivity contribution is 8.19. The van der Waals surface area contributed by atoms with Crippen molar-refractivity contribution in [2.45, 2.75) is 30.9 Å². The van der Waals surface area contributed by atoms with E-state index < -0.39 is 10.0 Å². The van der Waals surface area contributed by atoms with Gasteiger partial charge in [-0.05, 0) is 60.3 Å². The lowest BCUT2D eigenvalue weighted by atomic mass is 10.2. The van der Waals surface area contributed by atoms with Gasteiger partial charge in [0.1, 0.15) is 4.21 Å². The van der Waals surface area contributed by atoms with Gasteiger partial charge in [0.05, 0.1) is 18.6 Å². The van der Waals surface area contributed by atoms with Crippen molar-refractivity contribution in [2.24, 2.45) is 4.40 Å². The van der Waals surface area contributed by atoms with Crippen LogP contribution in [-0.2, 0) is 14.8 Å². The number of ether oxygens (including phenoxy) is 2.